The number of hydrogen-bond acceptors (Lipinski definition) is 5. The SMILES string of the molecule is CCC(C)(C)NC(=O)[C@H](C(C)C)N(C[C@@H]1CCCO1)C(=O)CNS(=O)(=O)c1ccc(F)cc1. The molecule has 2 N–H and O–H groups in total. The quantitative estimate of drug-likeness (QED) is 0.501. The maximum Gasteiger partial charge on any atom is 0.243 e. The summed E-state index contributed by atoms with van der Waals surface area (Å²) in [7, 11) is -4.03. The van der Waals surface area contributed by atoms with Crippen LogP contribution in [0.2, 0.25) is 0 Å². The van der Waals surface area contributed by atoms with Gasteiger partial charge in [-0.05, 0) is 63.3 Å². The van der Waals surface area contributed by atoms with Crippen molar-refractivity contribution >= 4 is 21.8 Å². The van der Waals surface area contributed by atoms with Crippen LogP contribution in [0.5, 0.6) is 0 Å². The Morgan fingerprint density at radius 2 is 1.88 bits per heavy atom. The molecule has 8 nitrogen and oxygen atoms in total. The average Bonchev–Trinajstić information content (AvgIpc) is 3.24. The van der Waals surface area contributed by atoms with Gasteiger partial charge >= 0.3 is 0 Å². The lowest BCUT2D eigenvalue weighted by Gasteiger charge is -2.37. The Morgan fingerprint density at radius 3 is 2.39 bits per heavy atom. The zero-order valence-electron chi connectivity index (χ0n) is 20.1. The summed E-state index contributed by atoms with van der Waals surface area (Å²) in [6.07, 6.45) is 2.13. The van der Waals surface area contributed by atoms with Gasteiger partial charge in [0, 0.05) is 18.7 Å². The molecule has 0 spiro atoms. The van der Waals surface area contributed by atoms with E-state index in [1.165, 1.54) is 4.90 Å². The van der Waals surface area contributed by atoms with Crippen LogP contribution in [0.25, 0.3) is 0 Å². The molecule has 1 fully saturated rings. The van der Waals surface area contributed by atoms with Crippen LogP contribution in [0.4, 0.5) is 4.39 Å². The van der Waals surface area contributed by atoms with Crippen LogP contribution in [0.1, 0.15) is 53.9 Å². The van der Waals surface area contributed by atoms with E-state index in [0.29, 0.717) is 13.0 Å². The van der Waals surface area contributed by atoms with Crippen molar-refractivity contribution in [2.75, 3.05) is 19.7 Å². The smallest absolute Gasteiger partial charge is 0.243 e. The molecule has 1 aliphatic rings. The van der Waals surface area contributed by atoms with Crippen molar-refractivity contribution in [3.05, 3.63) is 30.1 Å². The summed E-state index contributed by atoms with van der Waals surface area (Å²) >= 11 is 0. The maximum absolute atomic E-state index is 13.3. The summed E-state index contributed by atoms with van der Waals surface area (Å²) in [5.41, 5.74) is -0.451. The predicted molar refractivity (Wildman–Crippen MR) is 123 cm³/mol. The van der Waals surface area contributed by atoms with Gasteiger partial charge in [0.25, 0.3) is 0 Å². The van der Waals surface area contributed by atoms with Crippen molar-refractivity contribution in [3.8, 4) is 0 Å². The van der Waals surface area contributed by atoms with Crippen molar-refractivity contribution in [1.29, 1.82) is 0 Å². The molecular weight excluding hydrogens is 449 g/mol. The number of benzene rings is 1. The lowest BCUT2D eigenvalue weighted by atomic mass is 9.96. The number of nitrogens with zero attached hydrogens (tertiary/aromatic N) is 1. The molecule has 2 atom stereocenters. The van der Waals surface area contributed by atoms with Crippen LogP contribution >= 0.6 is 0 Å². The number of halogens is 1. The molecule has 1 aromatic rings. The van der Waals surface area contributed by atoms with E-state index >= 15 is 0 Å². The first-order chi connectivity index (χ1) is 15.4. The Kier molecular flexibility index (Phi) is 9.39. The van der Waals surface area contributed by atoms with Gasteiger partial charge < -0.3 is 15.0 Å². The summed E-state index contributed by atoms with van der Waals surface area (Å²) in [6.45, 7) is 9.73. The molecule has 0 aliphatic carbocycles. The molecule has 0 bridgehead atoms. The molecule has 0 unspecified atom stereocenters. The highest BCUT2D eigenvalue weighted by atomic mass is 32.2. The molecule has 0 aromatic heterocycles. The van der Waals surface area contributed by atoms with Gasteiger partial charge in [0.2, 0.25) is 21.8 Å². The number of nitrogens with one attached hydrogen (secondary N) is 2. The van der Waals surface area contributed by atoms with E-state index in [0.717, 1.165) is 37.1 Å². The second kappa shape index (κ2) is 11.4. The first-order valence-electron chi connectivity index (χ1n) is 11.3. The summed E-state index contributed by atoms with van der Waals surface area (Å²) in [5.74, 6) is -1.59. The van der Waals surface area contributed by atoms with Crippen molar-refractivity contribution in [3.63, 3.8) is 0 Å². The highest BCUT2D eigenvalue weighted by Gasteiger charge is 2.36. The first-order valence-corrected chi connectivity index (χ1v) is 12.8. The first kappa shape index (κ1) is 27.2. The molecule has 33 heavy (non-hydrogen) atoms. The lowest BCUT2D eigenvalue weighted by molar-refractivity contribution is -0.144. The highest BCUT2D eigenvalue weighted by Crippen LogP contribution is 2.20. The number of rotatable bonds is 11. The number of carbonyl (C=O) groups excluding carboxylic acids is 2. The Morgan fingerprint density at radius 1 is 1.24 bits per heavy atom. The molecule has 1 aromatic carbocycles. The fraction of sp³-hybridized carbons (Fsp3) is 0.652. The van der Waals surface area contributed by atoms with Crippen LogP contribution in [-0.2, 0) is 24.3 Å². The van der Waals surface area contributed by atoms with Gasteiger partial charge in [-0.3, -0.25) is 9.59 Å². The molecule has 1 saturated heterocycles. The van der Waals surface area contributed by atoms with E-state index in [9.17, 15) is 22.4 Å². The van der Waals surface area contributed by atoms with Crippen LogP contribution in [-0.4, -0.2) is 62.5 Å². The fourth-order valence-electron chi connectivity index (χ4n) is 3.63. The van der Waals surface area contributed by atoms with Gasteiger partial charge in [-0.15, -0.1) is 0 Å². The third kappa shape index (κ3) is 7.75. The van der Waals surface area contributed by atoms with E-state index in [-0.39, 0.29) is 29.4 Å². The molecule has 10 heteroatoms. The van der Waals surface area contributed by atoms with E-state index in [2.05, 4.69) is 10.0 Å². The summed E-state index contributed by atoms with van der Waals surface area (Å²) in [4.78, 5) is 27.7. The number of amides is 2. The molecule has 2 amide bonds. The Labute approximate surface area is 196 Å². The minimum Gasteiger partial charge on any atom is -0.376 e. The normalized spacial score (nSPS) is 17.7. The Balaban J connectivity index is 2.23. The van der Waals surface area contributed by atoms with Crippen LogP contribution in [0, 0.1) is 11.7 Å². The topological polar surface area (TPSA) is 105 Å². The molecule has 0 saturated carbocycles. The maximum atomic E-state index is 13.3. The van der Waals surface area contributed by atoms with Gasteiger partial charge in [-0.25, -0.2) is 17.5 Å². The van der Waals surface area contributed by atoms with Crippen molar-refractivity contribution in [2.24, 2.45) is 5.92 Å². The number of hydrogen-bond donors (Lipinski definition) is 2. The largest absolute Gasteiger partial charge is 0.376 e. The molecule has 1 heterocycles. The summed E-state index contributed by atoms with van der Waals surface area (Å²) in [5, 5.41) is 3.00. The third-order valence-electron chi connectivity index (χ3n) is 5.86. The number of ether oxygens (including phenoxy) is 1. The zero-order chi connectivity index (χ0) is 24.8. The highest BCUT2D eigenvalue weighted by molar-refractivity contribution is 7.89. The standard InChI is InChI=1S/C23H36FN3O5S/c1-6-23(4,5)26-22(29)21(16(2)3)27(15-18-8-7-13-32-18)20(28)14-25-33(30,31)19-11-9-17(24)10-12-19/h9-12,16,18,21,25H,6-8,13-15H2,1-5H3,(H,26,29)/t18-,21-/m0/s1. The van der Waals surface area contributed by atoms with Gasteiger partial charge in [0.1, 0.15) is 11.9 Å². The second-order valence-corrected chi connectivity index (χ2v) is 11.1. The molecule has 186 valence electrons. The second-order valence-electron chi connectivity index (χ2n) is 9.38. The molecule has 2 rings (SSSR count). The monoisotopic (exact) mass is 485 g/mol. The van der Waals surface area contributed by atoms with E-state index in [1.807, 2.05) is 34.6 Å². The molecule has 1 aliphatic heterocycles. The predicted octanol–water partition coefficient (Wildman–Crippen LogP) is 2.44. The average molecular weight is 486 g/mol. The minimum absolute atomic E-state index is 0.148. The molecular formula is C23H36FN3O5S. The zero-order valence-corrected chi connectivity index (χ0v) is 20.9. The lowest BCUT2D eigenvalue weighted by Crippen LogP contribution is -2.59. The van der Waals surface area contributed by atoms with Gasteiger partial charge in [0.05, 0.1) is 17.5 Å². The number of sulfonamides is 1. The molecule has 0 radical (unpaired) electrons. The number of carbonyl (C=O) groups is 2. The summed E-state index contributed by atoms with van der Waals surface area (Å²) in [6, 6.07) is 3.54. The Bertz CT molecular complexity index is 913. The van der Waals surface area contributed by atoms with Gasteiger partial charge in [0.15, 0.2) is 0 Å². The minimum atomic E-state index is -4.03. The summed E-state index contributed by atoms with van der Waals surface area (Å²) < 4.78 is 46.3. The van der Waals surface area contributed by atoms with E-state index in [4.69, 9.17) is 4.74 Å². The fourth-order valence-corrected chi connectivity index (χ4v) is 4.61. The van der Waals surface area contributed by atoms with Crippen LogP contribution < -0.4 is 10.0 Å². The van der Waals surface area contributed by atoms with Gasteiger partial charge in [-0.2, -0.15) is 0 Å². The van der Waals surface area contributed by atoms with E-state index < -0.39 is 39.9 Å². The van der Waals surface area contributed by atoms with Crippen molar-refractivity contribution in [2.45, 2.75) is 76.5 Å². The van der Waals surface area contributed by atoms with Crippen LogP contribution in [0.15, 0.2) is 29.2 Å². The Hall–Kier alpha value is -2.04. The van der Waals surface area contributed by atoms with Crippen molar-refractivity contribution in [1.82, 2.24) is 14.9 Å². The van der Waals surface area contributed by atoms with E-state index in [1.54, 1.807) is 0 Å². The van der Waals surface area contributed by atoms with Crippen molar-refractivity contribution < 1.29 is 27.1 Å². The van der Waals surface area contributed by atoms with Crippen LogP contribution in [0.3, 0.4) is 0 Å². The third-order valence-corrected chi connectivity index (χ3v) is 7.28. The van der Waals surface area contributed by atoms with Gasteiger partial charge in [-0.1, -0.05) is 20.8 Å².